The molecule has 1 nitrogen and oxygen atoms in total. The van der Waals surface area contributed by atoms with E-state index in [4.69, 9.17) is 0 Å². The fourth-order valence-corrected chi connectivity index (χ4v) is 1.36. The van der Waals surface area contributed by atoms with Gasteiger partial charge in [0.25, 0.3) is 0 Å². The van der Waals surface area contributed by atoms with E-state index >= 15 is 0 Å². The van der Waals surface area contributed by atoms with Crippen LogP contribution in [0.1, 0.15) is 12.5 Å². The number of aliphatic imine (C=N–C) groups is 1. The standard InChI is InChI=1S/C12H15NS/c1-10(13-11(2)14-3)9-12-7-5-4-6-8-12/h4-8H,1,9H2,2-3H3. The highest BCUT2D eigenvalue weighted by molar-refractivity contribution is 8.13. The number of thioether (sulfide) groups is 1. The molecule has 0 saturated carbocycles. The molecule has 0 atom stereocenters. The molecule has 0 heterocycles. The molecule has 1 aromatic rings. The van der Waals surface area contributed by atoms with E-state index in [0.717, 1.165) is 17.2 Å². The Morgan fingerprint density at radius 1 is 1.36 bits per heavy atom. The first-order chi connectivity index (χ1) is 6.72. The van der Waals surface area contributed by atoms with Crippen LogP contribution in [-0.2, 0) is 6.42 Å². The van der Waals surface area contributed by atoms with Crippen molar-refractivity contribution in [3.8, 4) is 0 Å². The van der Waals surface area contributed by atoms with Gasteiger partial charge < -0.3 is 0 Å². The highest BCUT2D eigenvalue weighted by Gasteiger charge is 1.95. The van der Waals surface area contributed by atoms with Gasteiger partial charge in [-0.05, 0) is 18.7 Å². The summed E-state index contributed by atoms with van der Waals surface area (Å²) in [6.07, 6.45) is 2.85. The molecule has 2 heteroatoms. The van der Waals surface area contributed by atoms with Gasteiger partial charge in [0.2, 0.25) is 0 Å². The van der Waals surface area contributed by atoms with Crippen LogP contribution in [0.25, 0.3) is 0 Å². The van der Waals surface area contributed by atoms with Crippen LogP contribution < -0.4 is 0 Å². The Morgan fingerprint density at radius 3 is 2.57 bits per heavy atom. The lowest BCUT2D eigenvalue weighted by atomic mass is 10.1. The Balaban J connectivity index is 2.58. The van der Waals surface area contributed by atoms with Gasteiger partial charge in [-0.2, -0.15) is 0 Å². The molecule has 1 aromatic carbocycles. The smallest absolute Gasteiger partial charge is 0.0700 e. The first-order valence-electron chi connectivity index (χ1n) is 4.53. The maximum Gasteiger partial charge on any atom is 0.0700 e. The molecule has 0 fully saturated rings. The minimum atomic E-state index is 0.832. The van der Waals surface area contributed by atoms with Gasteiger partial charge in [0.05, 0.1) is 5.04 Å². The molecular weight excluding hydrogens is 190 g/mol. The Bertz CT molecular complexity index is 327. The van der Waals surface area contributed by atoms with E-state index in [1.165, 1.54) is 5.56 Å². The summed E-state index contributed by atoms with van der Waals surface area (Å²) in [7, 11) is 0. The third kappa shape index (κ3) is 3.79. The van der Waals surface area contributed by atoms with Gasteiger partial charge in [0.15, 0.2) is 0 Å². The second-order valence-electron chi connectivity index (χ2n) is 3.06. The molecule has 0 aromatic heterocycles. The SMILES string of the molecule is C=C(Cc1ccccc1)N=C(C)SC. The van der Waals surface area contributed by atoms with E-state index < -0.39 is 0 Å². The summed E-state index contributed by atoms with van der Waals surface area (Å²) in [4.78, 5) is 4.38. The largest absolute Gasteiger partial charge is 0.252 e. The Morgan fingerprint density at radius 2 is 2.00 bits per heavy atom. The topological polar surface area (TPSA) is 12.4 Å². The summed E-state index contributed by atoms with van der Waals surface area (Å²) in [5.41, 5.74) is 2.18. The average Bonchev–Trinajstić information content (AvgIpc) is 2.19. The van der Waals surface area contributed by atoms with E-state index in [1.54, 1.807) is 11.8 Å². The second-order valence-corrected chi connectivity index (χ2v) is 4.06. The molecule has 0 radical (unpaired) electrons. The van der Waals surface area contributed by atoms with E-state index in [1.807, 2.05) is 31.4 Å². The molecule has 0 bridgehead atoms. The van der Waals surface area contributed by atoms with Crippen LogP contribution in [0.5, 0.6) is 0 Å². The molecule has 0 unspecified atom stereocenters. The number of hydrogen-bond acceptors (Lipinski definition) is 2. The van der Waals surface area contributed by atoms with Crippen LogP contribution in [0.4, 0.5) is 0 Å². The van der Waals surface area contributed by atoms with Crippen molar-refractivity contribution in [3.63, 3.8) is 0 Å². The van der Waals surface area contributed by atoms with Crippen LogP contribution in [0.2, 0.25) is 0 Å². The summed E-state index contributed by atoms with van der Waals surface area (Å²) in [6.45, 7) is 5.94. The molecule has 74 valence electrons. The predicted molar refractivity (Wildman–Crippen MR) is 65.9 cm³/mol. The summed E-state index contributed by atoms with van der Waals surface area (Å²) in [5.74, 6) is 0. The first kappa shape index (κ1) is 11.1. The Kier molecular flexibility index (Phi) is 4.47. The van der Waals surface area contributed by atoms with Crippen molar-refractivity contribution in [1.82, 2.24) is 0 Å². The molecular formula is C12H15NS. The molecule has 0 aliphatic carbocycles. The third-order valence-corrected chi connectivity index (χ3v) is 2.54. The van der Waals surface area contributed by atoms with Crippen LogP contribution in [0.3, 0.4) is 0 Å². The summed E-state index contributed by atoms with van der Waals surface area (Å²) >= 11 is 1.65. The van der Waals surface area contributed by atoms with E-state index in [2.05, 4.69) is 23.7 Å². The van der Waals surface area contributed by atoms with Crippen molar-refractivity contribution in [2.24, 2.45) is 4.99 Å². The zero-order valence-electron chi connectivity index (χ0n) is 8.66. The molecule has 0 aliphatic rings. The first-order valence-corrected chi connectivity index (χ1v) is 5.76. The maximum absolute atomic E-state index is 4.38. The molecule has 0 N–H and O–H groups in total. The fourth-order valence-electron chi connectivity index (χ4n) is 1.14. The van der Waals surface area contributed by atoms with Crippen molar-refractivity contribution < 1.29 is 0 Å². The van der Waals surface area contributed by atoms with Crippen LogP contribution in [0.15, 0.2) is 47.6 Å². The van der Waals surface area contributed by atoms with Crippen molar-refractivity contribution in [1.29, 1.82) is 0 Å². The van der Waals surface area contributed by atoms with Gasteiger partial charge in [-0.15, -0.1) is 11.8 Å². The zero-order chi connectivity index (χ0) is 10.4. The Hall–Kier alpha value is -1.02. The highest BCUT2D eigenvalue weighted by Crippen LogP contribution is 2.09. The molecule has 0 amide bonds. The van der Waals surface area contributed by atoms with Gasteiger partial charge in [0, 0.05) is 12.1 Å². The number of allylic oxidation sites excluding steroid dienone is 1. The van der Waals surface area contributed by atoms with Gasteiger partial charge in [-0.1, -0.05) is 36.9 Å². The fraction of sp³-hybridized carbons (Fsp3) is 0.250. The maximum atomic E-state index is 4.38. The minimum Gasteiger partial charge on any atom is -0.252 e. The predicted octanol–water partition coefficient (Wildman–Crippen LogP) is 3.52. The van der Waals surface area contributed by atoms with Crippen molar-refractivity contribution in [2.75, 3.05) is 6.26 Å². The van der Waals surface area contributed by atoms with Crippen molar-refractivity contribution in [3.05, 3.63) is 48.2 Å². The minimum absolute atomic E-state index is 0.832. The second kappa shape index (κ2) is 5.66. The quantitative estimate of drug-likeness (QED) is 0.543. The van der Waals surface area contributed by atoms with Crippen LogP contribution in [-0.4, -0.2) is 11.3 Å². The monoisotopic (exact) mass is 205 g/mol. The van der Waals surface area contributed by atoms with Gasteiger partial charge in [0.1, 0.15) is 0 Å². The lowest BCUT2D eigenvalue weighted by molar-refractivity contribution is 1.12. The van der Waals surface area contributed by atoms with Crippen LogP contribution in [0, 0.1) is 0 Å². The summed E-state index contributed by atoms with van der Waals surface area (Å²) in [5, 5.41) is 1.06. The van der Waals surface area contributed by atoms with Gasteiger partial charge >= 0.3 is 0 Å². The highest BCUT2D eigenvalue weighted by atomic mass is 32.2. The molecule has 0 saturated heterocycles. The zero-order valence-corrected chi connectivity index (χ0v) is 9.47. The lowest BCUT2D eigenvalue weighted by Crippen LogP contribution is -1.89. The molecule has 1 rings (SSSR count). The normalized spacial score (nSPS) is 11.4. The number of hydrogen-bond donors (Lipinski definition) is 0. The van der Waals surface area contributed by atoms with E-state index in [-0.39, 0.29) is 0 Å². The number of benzene rings is 1. The Labute approximate surface area is 89.9 Å². The van der Waals surface area contributed by atoms with Gasteiger partial charge in [-0.3, -0.25) is 4.99 Å². The summed E-state index contributed by atoms with van der Waals surface area (Å²) < 4.78 is 0. The van der Waals surface area contributed by atoms with Gasteiger partial charge in [-0.25, -0.2) is 0 Å². The van der Waals surface area contributed by atoms with Crippen molar-refractivity contribution in [2.45, 2.75) is 13.3 Å². The van der Waals surface area contributed by atoms with Crippen molar-refractivity contribution >= 4 is 16.8 Å². The molecule has 0 spiro atoms. The molecule has 14 heavy (non-hydrogen) atoms. The average molecular weight is 205 g/mol. The van der Waals surface area contributed by atoms with E-state index in [9.17, 15) is 0 Å². The lowest BCUT2D eigenvalue weighted by Gasteiger charge is -2.01. The number of rotatable bonds is 3. The number of nitrogens with zero attached hydrogens (tertiary/aromatic N) is 1. The molecule has 0 aliphatic heterocycles. The summed E-state index contributed by atoms with van der Waals surface area (Å²) in [6, 6.07) is 10.3. The third-order valence-electron chi connectivity index (χ3n) is 1.86. The van der Waals surface area contributed by atoms with Crippen LogP contribution >= 0.6 is 11.8 Å². The van der Waals surface area contributed by atoms with E-state index in [0.29, 0.717) is 0 Å².